The molecule has 0 radical (unpaired) electrons. The third kappa shape index (κ3) is 12.2. The summed E-state index contributed by atoms with van der Waals surface area (Å²) in [5.41, 5.74) is 0.740. The van der Waals surface area contributed by atoms with Crippen molar-refractivity contribution in [1.82, 2.24) is 0 Å². The Morgan fingerprint density at radius 1 is 0.588 bits per heavy atom. The first kappa shape index (κ1) is 43.5. The summed E-state index contributed by atoms with van der Waals surface area (Å²) in [4.78, 5) is 24.4. The van der Waals surface area contributed by atoms with Crippen LogP contribution < -0.4 is 9.47 Å². The van der Waals surface area contributed by atoms with E-state index in [0.29, 0.717) is 67.5 Å². The molecule has 3 unspecified atom stereocenters. The lowest BCUT2D eigenvalue weighted by Gasteiger charge is -2.49. The van der Waals surface area contributed by atoms with Crippen molar-refractivity contribution >= 4 is 11.9 Å². The molecular weight excluding hydrogens is 652 g/mol. The summed E-state index contributed by atoms with van der Waals surface area (Å²) in [5, 5.41) is 0. The molecule has 0 amide bonds. The highest BCUT2D eigenvalue weighted by molar-refractivity contribution is 5.87. The Bertz CT molecular complexity index is 1350. The van der Waals surface area contributed by atoms with Crippen molar-refractivity contribution in [1.29, 1.82) is 0 Å². The first-order valence-electron chi connectivity index (χ1n) is 18.2. The van der Waals surface area contributed by atoms with E-state index in [1.54, 1.807) is 26.0 Å². The zero-order valence-corrected chi connectivity index (χ0v) is 32.0. The van der Waals surface area contributed by atoms with Crippen molar-refractivity contribution in [2.24, 2.45) is 0 Å². The van der Waals surface area contributed by atoms with Crippen LogP contribution in [0.1, 0.15) is 105 Å². The quantitative estimate of drug-likeness (QED) is 0.0406. The Hall–Kier alpha value is -3.70. The molecule has 2 aromatic carbocycles. The van der Waals surface area contributed by atoms with Gasteiger partial charge in [0.1, 0.15) is 11.5 Å². The topological polar surface area (TPSA) is 108 Å². The molecule has 0 fully saturated rings. The minimum absolute atomic E-state index is 0.120. The van der Waals surface area contributed by atoms with E-state index in [1.165, 1.54) is 0 Å². The first-order chi connectivity index (χ1) is 24.5. The molecule has 0 heterocycles. The van der Waals surface area contributed by atoms with E-state index in [0.717, 1.165) is 31.2 Å². The van der Waals surface area contributed by atoms with E-state index in [4.69, 9.17) is 37.9 Å². The molecule has 0 bridgehead atoms. The standard InChI is InChI=1S/C41H60O10/c1-11-25-44-29-40(45-26-12-2,32-17-21-34(22-18-32)48-36(15-5)50-38(42)30(7)8)41(46-27-13-3,47-28-14-4)33-19-23-35(24-20-33)49-37(16-6)51-39(43)31(9)10/h17-24,36-37H,7,9,11-16,25-29H2,1-6,8,10H3. The molecule has 2 aromatic rings. The summed E-state index contributed by atoms with van der Waals surface area (Å²) < 4.78 is 50.1. The number of esters is 2. The van der Waals surface area contributed by atoms with Gasteiger partial charge >= 0.3 is 11.9 Å². The number of carbonyl (C=O) groups excluding carboxylic acids is 2. The average molecular weight is 713 g/mol. The SMILES string of the molecule is C=C(C)C(=O)OC(CC)Oc1ccc(C(COCCC)(OCCC)C(OCCC)(OCCC)c2ccc(OC(CC)OC(=O)C(=C)C)cc2)cc1. The number of hydrogen-bond donors (Lipinski definition) is 0. The maximum absolute atomic E-state index is 12.2. The molecule has 51 heavy (non-hydrogen) atoms. The first-order valence-corrected chi connectivity index (χ1v) is 18.2. The Morgan fingerprint density at radius 2 is 0.980 bits per heavy atom. The third-order valence-corrected chi connectivity index (χ3v) is 7.69. The van der Waals surface area contributed by atoms with Crippen LogP contribution in [0, 0.1) is 0 Å². The fraction of sp³-hybridized carbons (Fsp3) is 0.561. The van der Waals surface area contributed by atoms with Gasteiger partial charge in [-0.05, 0) is 81.5 Å². The van der Waals surface area contributed by atoms with Crippen LogP contribution in [-0.4, -0.2) is 57.6 Å². The summed E-state index contributed by atoms with van der Waals surface area (Å²) in [7, 11) is 0. The van der Waals surface area contributed by atoms with Gasteiger partial charge in [-0.15, -0.1) is 0 Å². The van der Waals surface area contributed by atoms with Crippen molar-refractivity contribution in [3.8, 4) is 11.5 Å². The van der Waals surface area contributed by atoms with Crippen molar-refractivity contribution in [2.75, 3.05) is 33.0 Å². The predicted molar refractivity (Wildman–Crippen MR) is 197 cm³/mol. The monoisotopic (exact) mass is 712 g/mol. The largest absolute Gasteiger partial charge is 0.455 e. The van der Waals surface area contributed by atoms with Crippen LogP contribution in [0.4, 0.5) is 0 Å². The smallest absolute Gasteiger partial charge is 0.336 e. The molecule has 0 aliphatic heterocycles. The lowest BCUT2D eigenvalue weighted by molar-refractivity contribution is -0.359. The molecule has 0 aromatic heterocycles. The Labute approximate surface area is 305 Å². The lowest BCUT2D eigenvalue weighted by Crippen LogP contribution is -2.58. The van der Waals surface area contributed by atoms with Crippen LogP contribution in [0.25, 0.3) is 0 Å². The van der Waals surface area contributed by atoms with Crippen molar-refractivity contribution < 1.29 is 47.5 Å². The maximum atomic E-state index is 12.2. The molecule has 0 aliphatic carbocycles. The minimum Gasteiger partial charge on any atom is -0.455 e. The molecular formula is C41H60O10. The molecule has 0 saturated heterocycles. The summed E-state index contributed by atoms with van der Waals surface area (Å²) >= 11 is 0. The van der Waals surface area contributed by atoms with Crippen LogP contribution in [0.3, 0.4) is 0 Å². The summed E-state index contributed by atoms with van der Waals surface area (Å²) in [5.74, 6) is -1.49. The van der Waals surface area contributed by atoms with Gasteiger partial charge in [-0.1, -0.05) is 66.8 Å². The number of rotatable bonds is 26. The summed E-state index contributed by atoms with van der Waals surface area (Å²) in [6.07, 6.45) is 2.30. The second kappa shape index (κ2) is 22.3. The summed E-state index contributed by atoms with van der Waals surface area (Å²) in [6.45, 7) is 24.2. The number of benzene rings is 2. The van der Waals surface area contributed by atoms with E-state index in [1.807, 2.05) is 71.0 Å². The zero-order chi connectivity index (χ0) is 37.9. The van der Waals surface area contributed by atoms with Crippen LogP contribution in [-0.2, 0) is 49.4 Å². The number of ether oxygens (including phenoxy) is 8. The lowest BCUT2D eigenvalue weighted by atomic mass is 9.80. The van der Waals surface area contributed by atoms with Gasteiger partial charge in [-0.3, -0.25) is 0 Å². The normalized spacial score (nSPS) is 13.8. The minimum atomic E-state index is -1.47. The van der Waals surface area contributed by atoms with Gasteiger partial charge < -0.3 is 37.9 Å². The molecule has 0 aliphatic rings. The molecule has 0 N–H and O–H groups in total. The molecule has 284 valence electrons. The number of hydrogen-bond acceptors (Lipinski definition) is 10. The molecule has 0 saturated carbocycles. The van der Waals surface area contributed by atoms with Crippen LogP contribution >= 0.6 is 0 Å². The van der Waals surface area contributed by atoms with Gasteiger partial charge in [0.2, 0.25) is 18.4 Å². The highest BCUT2D eigenvalue weighted by Crippen LogP contribution is 2.49. The predicted octanol–water partition coefficient (Wildman–Crippen LogP) is 8.91. The zero-order valence-electron chi connectivity index (χ0n) is 32.0. The van der Waals surface area contributed by atoms with Gasteiger partial charge in [0, 0.05) is 42.8 Å². The van der Waals surface area contributed by atoms with Crippen LogP contribution in [0.15, 0.2) is 72.8 Å². The molecule has 10 heteroatoms. The average Bonchev–Trinajstić information content (AvgIpc) is 3.13. The van der Waals surface area contributed by atoms with Crippen LogP contribution in [0.2, 0.25) is 0 Å². The van der Waals surface area contributed by atoms with Gasteiger partial charge in [0.05, 0.1) is 19.8 Å². The van der Waals surface area contributed by atoms with Gasteiger partial charge in [-0.25, -0.2) is 9.59 Å². The van der Waals surface area contributed by atoms with E-state index >= 15 is 0 Å². The van der Waals surface area contributed by atoms with Crippen molar-refractivity contribution in [3.05, 3.63) is 84.0 Å². The van der Waals surface area contributed by atoms with Crippen molar-refractivity contribution in [3.63, 3.8) is 0 Å². The maximum Gasteiger partial charge on any atom is 0.336 e. The van der Waals surface area contributed by atoms with Gasteiger partial charge in [0.15, 0.2) is 5.60 Å². The molecule has 0 spiro atoms. The molecule has 2 rings (SSSR count). The van der Waals surface area contributed by atoms with Crippen molar-refractivity contribution in [2.45, 2.75) is 118 Å². The van der Waals surface area contributed by atoms with Gasteiger partial charge in [-0.2, -0.15) is 0 Å². The van der Waals surface area contributed by atoms with E-state index in [9.17, 15) is 9.59 Å². The van der Waals surface area contributed by atoms with E-state index in [-0.39, 0.29) is 6.61 Å². The summed E-state index contributed by atoms with van der Waals surface area (Å²) in [6, 6.07) is 14.8. The number of carbonyl (C=O) groups is 2. The Morgan fingerprint density at radius 3 is 1.35 bits per heavy atom. The molecule has 10 nitrogen and oxygen atoms in total. The van der Waals surface area contributed by atoms with E-state index < -0.39 is 35.9 Å². The second-order valence-corrected chi connectivity index (χ2v) is 12.4. The van der Waals surface area contributed by atoms with Crippen LogP contribution in [0.5, 0.6) is 11.5 Å². The highest BCUT2D eigenvalue weighted by Gasteiger charge is 2.58. The van der Waals surface area contributed by atoms with E-state index in [2.05, 4.69) is 20.1 Å². The molecule has 3 atom stereocenters. The Kier molecular flexibility index (Phi) is 19.0. The fourth-order valence-corrected chi connectivity index (χ4v) is 5.07. The Balaban J connectivity index is 2.75. The highest BCUT2D eigenvalue weighted by atomic mass is 16.7. The third-order valence-electron chi connectivity index (χ3n) is 7.69. The fourth-order valence-electron chi connectivity index (χ4n) is 5.07. The second-order valence-electron chi connectivity index (χ2n) is 12.4. The van der Waals surface area contributed by atoms with Gasteiger partial charge in [0.25, 0.3) is 0 Å².